The van der Waals surface area contributed by atoms with Crippen LogP contribution in [0.2, 0.25) is 0 Å². The van der Waals surface area contributed by atoms with Gasteiger partial charge in [-0.15, -0.1) is 0 Å². The van der Waals surface area contributed by atoms with E-state index in [2.05, 4.69) is 15.0 Å². The molecule has 1 aliphatic rings. The van der Waals surface area contributed by atoms with Crippen molar-refractivity contribution in [1.29, 1.82) is 0 Å². The quantitative estimate of drug-likeness (QED) is 0.765. The van der Waals surface area contributed by atoms with Gasteiger partial charge in [0.1, 0.15) is 0 Å². The van der Waals surface area contributed by atoms with Crippen molar-refractivity contribution >= 4 is 5.95 Å². The molecule has 1 unspecified atom stereocenters. The van der Waals surface area contributed by atoms with E-state index in [1.54, 1.807) is 0 Å². The lowest BCUT2D eigenvalue weighted by Gasteiger charge is -2.09. The molecule has 5 heteroatoms. The molecule has 2 N–H and O–H groups in total. The van der Waals surface area contributed by atoms with E-state index in [0.717, 1.165) is 19.0 Å². The summed E-state index contributed by atoms with van der Waals surface area (Å²) < 4.78 is 5.11. The summed E-state index contributed by atoms with van der Waals surface area (Å²) in [4.78, 5) is 6.45. The van der Waals surface area contributed by atoms with Crippen LogP contribution in [0.1, 0.15) is 25.7 Å². The average molecular weight is 196 g/mol. The van der Waals surface area contributed by atoms with E-state index in [9.17, 15) is 0 Å². The molecule has 0 spiro atoms. The first kappa shape index (κ1) is 9.45. The van der Waals surface area contributed by atoms with E-state index >= 15 is 0 Å². The van der Waals surface area contributed by atoms with Gasteiger partial charge in [0.05, 0.1) is 0 Å². The number of hydrogen-bond acceptors (Lipinski definition) is 5. The summed E-state index contributed by atoms with van der Waals surface area (Å²) in [6.45, 7) is 4.01. The second-order valence-corrected chi connectivity index (χ2v) is 3.86. The molecule has 0 aliphatic carbocycles. The molecule has 0 aromatic carbocycles. The van der Waals surface area contributed by atoms with Crippen LogP contribution < -0.4 is 10.6 Å². The normalized spacial score (nSPS) is 18.9. The third-order valence-electron chi connectivity index (χ3n) is 2.34. The van der Waals surface area contributed by atoms with Gasteiger partial charge in [0.2, 0.25) is 5.89 Å². The van der Waals surface area contributed by atoms with E-state index < -0.39 is 0 Å². The average Bonchev–Trinajstić information content (AvgIpc) is 2.69. The van der Waals surface area contributed by atoms with Crippen LogP contribution in [0.5, 0.6) is 0 Å². The largest absolute Gasteiger partial charge is 0.338 e. The first-order valence-electron chi connectivity index (χ1n) is 5.09. The summed E-state index contributed by atoms with van der Waals surface area (Å²) in [6, 6.07) is 0.0712. The molecule has 0 saturated carbocycles. The minimum atomic E-state index is 0.0712. The van der Waals surface area contributed by atoms with Crippen LogP contribution in [-0.4, -0.2) is 29.3 Å². The molecule has 1 saturated heterocycles. The summed E-state index contributed by atoms with van der Waals surface area (Å²) in [5, 5.41) is 3.94. The molecule has 1 aromatic heterocycles. The molecule has 78 valence electrons. The molecule has 1 aromatic rings. The highest BCUT2D eigenvalue weighted by molar-refractivity contribution is 5.28. The summed E-state index contributed by atoms with van der Waals surface area (Å²) in [5.74, 6) is 1.36. The topological polar surface area (TPSA) is 68.2 Å². The highest BCUT2D eigenvalue weighted by Crippen LogP contribution is 2.16. The third kappa shape index (κ3) is 2.04. The Morgan fingerprint density at radius 3 is 2.86 bits per heavy atom. The number of anilines is 1. The first-order valence-corrected chi connectivity index (χ1v) is 5.09. The van der Waals surface area contributed by atoms with Gasteiger partial charge in [-0.05, 0) is 24.9 Å². The Morgan fingerprint density at radius 1 is 1.50 bits per heavy atom. The predicted molar refractivity (Wildman–Crippen MR) is 53.1 cm³/mol. The van der Waals surface area contributed by atoms with Gasteiger partial charge < -0.3 is 15.2 Å². The van der Waals surface area contributed by atoms with Gasteiger partial charge in [-0.1, -0.05) is 0 Å². The Morgan fingerprint density at radius 2 is 2.21 bits per heavy atom. The van der Waals surface area contributed by atoms with Gasteiger partial charge in [-0.2, -0.15) is 4.98 Å². The number of aromatic nitrogens is 2. The van der Waals surface area contributed by atoms with Crippen molar-refractivity contribution in [2.75, 3.05) is 18.0 Å². The van der Waals surface area contributed by atoms with Gasteiger partial charge in [-0.25, -0.2) is 0 Å². The molecular formula is C9H16N4O. The minimum Gasteiger partial charge on any atom is -0.338 e. The Hall–Kier alpha value is -1.10. The maximum atomic E-state index is 5.65. The van der Waals surface area contributed by atoms with Crippen molar-refractivity contribution in [3.63, 3.8) is 0 Å². The van der Waals surface area contributed by atoms with Crippen molar-refractivity contribution in [2.24, 2.45) is 5.73 Å². The summed E-state index contributed by atoms with van der Waals surface area (Å²) in [5.41, 5.74) is 5.65. The Kier molecular flexibility index (Phi) is 2.67. The van der Waals surface area contributed by atoms with Crippen molar-refractivity contribution in [1.82, 2.24) is 10.1 Å². The minimum absolute atomic E-state index is 0.0712. The SMILES string of the molecule is CC(N)Cc1nc(N2CCCC2)no1. The molecule has 2 heterocycles. The molecule has 0 amide bonds. The maximum Gasteiger partial charge on any atom is 0.266 e. The molecule has 0 bridgehead atoms. The number of rotatable bonds is 3. The van der Waals surface area contributed by atoms with Gasteiger partial charge in [0.25, 0.3) is 5.95 Å². The van der Waals surface area contributed by atoms with E-state index in [1.165, 1.54) is 12.8 Å². The highest BCUT2D eigenvalue weighted by Gasteiger charge is 2.18. The maximum absolute atomic E-state index is 5.65. The number of nitrogens with two attached hydrogens (primary N) is 1. The molecule has 1 aliphatic heterocycles. The zero-order valence-electron chi connectivity index (χ0n) is 8.44. The standard InChI is InChI=1S/C9H16N4O/c1-7(10)6-8-11-9(12-14-8)13-4-2-3-5-13/h7H,2-6,10H2,1H3. The van der Waals surface area contributed by atoms with Crippen molar-refractivity contribution in [3.05, 3.63) is 5.89 Å². The van der Waals surface area contributed by atoms with Crippen LogP contribution in [0.25, 0.3) is 0 Å². The van der Waals surface area contributed by atoms with Gasteiger partial charge in [0, 0.05) is 25.6 Å². The van der Waals surface area contributed by atoms with E-state index in [0.29, 0.717) is 12.3 Å². The van der Waals surface area contributed by atoms with Crippen LogP contribution in [0.4, 0.5) is 5.95 Å². The van der Waals surface area contributed by atoms with Crippen LogP contribution >= 0.6 is 0 Å². The Labute approximate surface area is 83.3 Å². The van der Waals surface area contributed by atoms with Crippen molar-refractivity contribution < 1.29 is 4.52 Å². The fourth-order valence-corrected chi connectivity index (χ4v) is 1.65. The zero-order valence-corrected chi connectivity index (χ0v) is 8.44. The molecular weight excluding hydrogens is 180 g/mol. The smallest absolute Gasteiger partial charge is 0.266 e. The lowest BCUT2D eigenvalue weighted by Crippen LogP contribution is -2.20. The van der Waals surface area contributed by atoms with Gasteiger partial charge in [-0.3, -0.25) is 0 Å². The third-order valence-corrected chi connectivity index (χ3v) is 2.34. The Bertz CT molecular complexity index is 291. The Balaban J connectivity index is 2.01. The van der Waals surface area contributed by atoms with Gasteiger partial charge >= 0.3 is 0 Å². The summed E-state index contributed by atoms with van der Waals surface area (Å²) in [7, 11) is 0. The summed E-state index contributed by atoms with van der Waals surface area (Å²) >= 11 is 0. The summed E-state index contributed by atoms with van der Waals surface area (Å²) in [6.07, 6.45) is 3.09. The number of hydrogen-bond donors (Lipinski definition) is 1. The molecule has 1 fully saturated rings. The van der Waals surface area contributed by atoms with Crippen LogP contribution in [-0.2, 0) is 6.42 Å². The second kappa shape index (κ2) is 3.96. The number of nitrogens with zero attached hydrogens (tertiary/aromatic N) is 3. The molecule has 1 atom stereocenters. The van der Waals surface area contributed by atoms with Gasteiger partial charge in [0.15, 0.2) is 0 Å². The molecule has 2 rings (SSSR count). The van der Waals surface area contributed by atoms with Crippen LogP contribution in [0, 0.1) is 0 Å². The van der Waals surface area contributed by atoms with E-state index in [1.807, 2.05) is 6.92 Å². The monoisotopic (exact) mass is 196 g/mol. The van der Waals surface area contributed by atoms with Crippen molar-refractivity contribution in [3.8, 4) is 0 Å². The second-order valence-electron chi connectivity index (χ2n) is 3.86. The zero-order chi connectivity index (χ0) is 9.97. The van der Waals surface area contributed by atoms with Crippen molar-refractivity contribution in [2.45, 2.75) is 32.2 Å². The van der Waals surface area contributed by atoms with E-state index in [-0.39, 0.29) is 6.04 Å². The first-order chi connectivity index (χ1) is 6.75. The highest BCUT2D eigenvalue weighted by atomic mass is 16.5. The van der Waals surface area contributed by atoms with E-state index in [4.69, 9.17) is 10.3 Å². The predicted octanol–water partition coefficient (Wildman–Crippen LogP) is 0.559. The lowest BCUT2D eigenvalue weighted by atomic mass is 10.2. The fourth-order valence-electron chi connectivity index (χ4n) is 1.65. The lowest BCUT2D eigenvalue weighted by molar-refractivity contribution is 0.371. The van der Waals surface area contributed by atoms with Crippen LogP contribution in [0.15, 0.2) is 4.52 Å². The van der Waals surface area contributed by atoms with Crippen LogP contribution in [0.3, 0.4) is 0 Å². The molecule has 0 radical (unpaired) electrons. The molecule has 14 heavy (non-hydrogen) atoms. The molecule has 5 nitrogen and oxygen atoms in total. The fraction of sp³-hybridized carbons (Fsp3) is 0.778.